The molecule has 2 saturated carbocycles. The van der Waals surface area contributed by atoms with Gasteiger partial charge in [-0.15, -0.1) is 0 Å². The van der Waals surface area contributed by atoms with Gasteiger partial charge in [0.05, 0.1) is 0 Å². The minimum atomic E-state index is 0.772. The van der Waals surface area contributed by atoms with Gasteiger partial charge in [-0.25, -0.2) is 0 Å². The number of benzene rings is 2. The van der Waals surface area contributed by atoms with Crippen molar-refractivity contribution in [2.24, 2.45) is 23.7 Å². The molecule has 0 nitrogen and oxygen atoms in total. The minimum Gasteiger partial charge on any atom is -0.0917 e. The Hall–Kier alpha value is -1.82. The van der Waals surface area contributed by atoms with Gasteiger partial charge in [-0.05, 0) is 135 Å². The van der Waals surface area contributed by atoms with E-state index >= 15 is 0 Å². The van der Waals surface area contributed by atoms with E-state index in [4.69, 9.17) is 0 Å². The predicted molar refractivity (Wildman–Crippen MR) is 161 cm³/mol. The van der Waals surface area contributed by atoms with E-state index in [1.165, 1.54) is 114 Å². The normalized spacial score (nSPS) is 28.3. The maximum atomic E-state index is 2.53. The average Bonchev–Trinajstić information content (AvgIpc) is 2.96. The third kappa shape index (κ3) is 6.99. The first-order valence-corrected chi connectivity index (χ1v) is 16.1. The van der Waals surface area contributed by atoms with Crippen molar-refractivity contribution in [3.8, 4) is 11.1 Å². The van der Waals surface area contributed by atoms with E-state index in [1.54, 1.807) is 16.7 Å². The van der Waals surface area contributed by atoms with E-state index in [9.17, 15) is 0 Å². The van der Waals surface area contributed by atoms with E-state index in [1.807, 2.05) is 0 Å². The van der Waals surface area contributed by atoms with E-state index in [0.29, 0.717) is 0 Å². The highest BCUT2D eigenvalue weighted by molar-refractivity contribution is 5.65. The molecule has 0 radical (unpaired) electrons. The van der Waals surface area contributed by atoms with Crippen molar-refractivity contribution in [3.05, 3.63) is 71.3 Å². The Morgan fingerprint density at radius 1 is 0.703 bits per heavy atom. The quantitative estimate of drug-likeness (QED) is 0.303. The lowest BCUT2D eigenvalue weighted by Crippen LogP contribution is -2.26. The van der Waals surface area contributed by atoms with Crippen LogP contribution in [0.3, 0.4) is 0 Å². The first-order valence-electron chi connectivity index (χ1n) is 16.1. The molecule has 2 aromatic rings. The summed E-state index contributed by atoms with van der Waals surface area (Å²) in [6, 6.07) is 17.1. The largest absolute Gasteiger partial charge is 0.0917 e. The molecule has 1 atom stereocenters. The number of fused-ring (bicyclic) bond motifs is 1. The maximum Gasteiger partial charge on any atom is -0.0162 e. The van der Waals surface area contributed by atoms with Gasteiger partial charge < -0.3 is 0 Å². The molecular formula is C37H52. The molecule has 0 spiro atoms. The summed E-state index contributed by atoms with van der Waals surface area (Å²) in [5.74, 6) is 4.67. The summed E-state index contributed by atoms with van der Waals surface area (Å²) in [5.41, 5.74) is 7.68. The SMILES string of the molecule is C/C=C/CCC1CCC(c2ccc(-c3ccc4c(c3)CCC(C3CCC(CCCC)CC3)C4)cc2)CC1. The van der Waals surface area contributed by atoms with Crippen LogP contribution in [-0.4, -0.2) is 0 Å². The molecule has 0 N–H and O–H groups in total. The Bertz CT molecular complexity index is 979. The molecule has 3 aliphatic carbocycles. The predicted octanol–water partition coefficient (Wildman–Crippen LogP) is 11.1. The number of rotatable bonds is 9. The molecule has 1 unspecified atom stereocenters. The van der Waals surface area contributed by atoms with Crippen LogP contribution in [0.1, 0.15) is 126 Å². The van der Waals surface area contributed by atoms with Gasteiger partial charge in [0.15, 0.2) is 0 Å². The van der Waals surface area contributed by atoms with Crippen LogP contribution in [0.4, 0.5) is 0 Å². The molecule has 37 heavy (non-hydrogen) atoms. The van der Waals surface area contributed by atoms with Gasteiger partial charge in [-0.1, -0.05) is 93.6 Å². The second-order valence-corrected chi connectivity index (χ2v) is 12.9. The Kier molecular flexibility index (Phi) is 9.63. The smallest absolute Gasteiger partial charge is 0.0162 e. The Balaban J connectivity index is 1.14. The van der Waals surface area contributed by atoms with Gasteiger partial charge in [0.2, 0.25) is 0 Å². The minimum absolute atomic E-state index is 0.772. The van der Waals surface area contributed by atoms with Gasteiger partial charge >= 0.3 is 0 Å². The van der Waals surface area contributed by atoms with Gasteiger partial charge in [0.25, 0.3) is 0 Å². The highest BCUT2D eigenvalue weighted by atomic mass is 14.4. The number of aryl methyl sites for hydroxylation is 1. The zero-order valence-electron chi connectivity index (χ0n) is 23.9. The number of unbranched alkanes of at least 4 members (excludes halogenated alkanes) is 1. The number of hydrogen-bond donors (Lipinski definition) is 0. The van der Waals surface area contributed by atoms with Crippen molar-refractivity contribution in [1.82, 2.24) is 0 Å². The maximum absolute atomic E-state index is 2.53. The van der Waals surface area contributed by atoms with Crippen LogP contribution in [0.2, 0.25) is 0 Å². The summed E-state index contributed by atoms with van der Waals surface area (Å²) in [6.45, 7) is 4.48. The molecule has 0 amide bonds. The van der Waals surface area contributed by atoms with Crippen LogP contribution >= 0.6 is 0 Å². The van der Waals surface area contributed by atoms with Crippen molar-refractivity contribution in [3.63, 3.8) is 0 Å². The molecule has 0 heteroatoms. The summed E-state index contributed by atoms with van der Waals surface area (Å²) in [7, 11) is 0. The fourth-order valence-electron chi connectivity index (χ4n) is 8.04. The Labute approximate surface area is 228 Å². The summed E-state index contributed by atoms with van der Waals surface area (Å²) in [4.78, 5) is 0. The van der Waals surface area contributed by atoms with Gasteiger partial charge in [0.1, 0.15) is 0 Å². The van der Waals surface area contributed by atoms with Crippen molar-refractivity contribution in [2.75, 3.05) is 0 Å². The molecule has 2 fully saturated rings. The third-order valence-electron chi connectivity index (χ3n) is 10.5. The molecule has 2 aromatic carbocycles. The van der Waals surface area contributed by atoms with Crippen molar-refractivity contribution in [1.29, 1.82) is 0 Å². The lowest BCUT2D eigenvalue weighted by atomic mass is 9.69. The van der Waals surface area contributed by atoms with Crippen molar-refractivity contribution < 1.29 is 0 Å². The van der Waals surface area contributed by atoms with Crippen LogP contribution in [-0.2, 0) is 12.8 Å². The Morgan fingerprint density at radius 3 is 2.14 bits per heavy atom. The second-order valence-electron chi connectivity index (χ2n) is 12.9. The molecule has 5 rings (SSSR count). The standard InChI is InChI=1S/C37H52/c1-3-5-7-9-29-10-14-30(15-11-29)31-18-20-33(21-19-31)35-23-25-36-26-34(22-24-37(36)27-35)32-16-12-28(13-17-32)8-6-4-2/h3,5,18-21,23,25,27-30,32,34H,4,6-17,22,24,26H2,1-2H3/b5-3+. The van der Waals surface area contributed by atoms with Crippen LogP contribution in [0, 0.1) is 23.7 Å². The highest BCUT2D eigenvalue weighted by Crippen LogP contribution is 2.42. The first kappa shape index (κ1) is 26.8. The summed E-state index contributed by atoms with van der Waals surface area (Å²) >= 11 is 0. The van der Waals surface area contributed by atoms with Crippen molar-refractivity contribution in [2.45, 2.75) is 122 Å². The lowest BCUT2D eigenvalue weighted by molar-refractivity contribution is 0.183. The fourth-order valence-corrected chi connectivity index (χ4v) is 8.04. The summed E-state index contributed by atoms with van der Waals surface area (Å²) in [5, 5.41) is 0. The van der Waals surface area contributed by atoms with Gasteiger partial charge in [-0.3, -0.25) is 0 Å². The van der Waals surface area contributed by atoms with Crippen molar-refractivity contribution >= 4 is 0 Å². The molecular weight excluding hydrogens is 444 g/mol. The monoisotopic (exact) mass is 496 g/mol. The molecule has 0 bridgehead atoms. The molecule has 0 saturated heterocycles. The van der Waals surface area contributed by atoms with Crippen LogP contribution in [0.15, 0.2) is 54.6 Å². The first-order chi connectivity index (χ1) is 18.2. The molecule has 0 aromatic heterocycles. The van der Waals surface area contributed by atoms with E-state index < -0.39 is 0 Å². The van der Waals surface area contributed by atoms with Crippen LogP contribution < -0.4 is 0 Å². The second kappa shape index (κ2) is 13.3. The van der Waals surface area contributed by atoms with E-state index in [0.717, 1.165) is 29.6 Å². The molecule has 3 aliphatic rings. The summed E-state index contributed by atoms with van der Waals surface area (Å²) in [6.07, 6.45) is 27.1. The average molecular weight is 497 g/mol. The number of allylic oxidation sites excluding steroid dienone is 2. The van der Waals surface area contributed by atoms with Crippen LogP contribution in [0.5, 0.6) is 0 Å². The zero-order valence-corrected chi connectivity index (χ0v) is 23.9. The van der Waals surface area contributed by atoms with Gasteiger partial charge in [0, 0.05) is 0 Å². The third-order valence-corrected chi connectivity index (χ3v) is 10.5. The highest BCUT2D eigenvalue weighted by Gasteiger charge is 2.30. The fraction of sp³-hybridized carbons (Fsp3) is 0.622. The summed E-state index contributed by atoms with van der Waals surface area (Å²) < 4.78 is 0. The van der Waals surface area contributed by atoms with Gasteiger partial charge in [-0.2, -0.15) is 0 Å². The molecule has 200 valence electrons. The van der Waals surface area contributed by atoms with E-state index in [-0.39, 0.29) is 0 Å². The number of hydrogen-bond acceptors (Lipinski definition) is 0. The van der Waals surface area contributed by atoms with Crippen LogP contribution in [0.25, 0.3) is 11.1 Å². The topological polar surface area (TPSA) is 0 Å². The lowest BCUT2D eigenvalue weighted by Gasteiger charge is -2.36. The zero-order chi connectivity index (χ0) is 25.5. The molecule has 0 heterocycles. The molecule has 0 aliphatic heterocycles. The Morgan fingerprint density at radius 2 is 1.41 bits per heavy atom. The van der Waals surface area contributed by atoms with E-state index in [2.05, 4.69) is 68.5 Å².